The molecule has 0 bridgehead atoms. The molecule has 1 N–H and O–H groups in total. The van der Waals surface area contributed by atoms with Crippen LogP contribution in [0, 0.1) is 0 Å². The molecule has 4 nitrogen and oxygen atoms in total. The summed E-state index contributed by atoms with van der Waals surface area (Å²) in [5.41, 5.74) is 2.36. The summed E-state index contributed by atoms with van der Waals surface area (Å²) in [4.78, 5) is 26.3. The number of rotatable bonds is 5. The molecule has 1 aliphatic heterocycles. The molecule has 1 saturated heterocycles. The Kier molecular flexibility index (Phi) is 5.71. The van der Waals surface area contributed by atoms with Gasteiger partial charge in [0.05, 0.1) is 0 Å². The summed E-state index contributed by atoms with van der Waals surface area (Å²) in [6, 6.07) is 14.5. The Morgan fingerprint density at radius 2 is 1.81 bits per heavy atom. The van der Waals surface area contributed by atoms with Gasteiger partial charge in [-0.05, 0) is 68.9 Å². The number of aromatic hydroxyl groups is 1. The van der Waals surface area contributed by atoms with Crippen LogP contribution in [0.2, 0.25) is 0 Å². The Morgan fingerprint density at radius 1 is 1.08 bits per heavy atom. The van der Waals surface area contributed by atoms with Gasteiger partial charge >= 0.3 is 0 Å². The van der Waals surface area contributed by atoms with E-state index in [1.807, 2.05) is 17.0 Å². The lowest BCUT2D eigenvalue weighted by Crippen LogP contribution is -2.44. The quantitative estimate of drug-likeness (QED) is 0.821. The minimum Gasteiger partial charge on any atom is -0.508 e. The monoisotopic (exact) mass is 351 g/mol. The first-order chi connectivity index (χ1) is 12.5. The average molecular weight is 351 g/mol. The van der Waals surface area contributed by atoms with Crippen LogP contribution in [0.3, 0.4) is 0 Å². The van der Waals surface area contributed by atoms with E-state index in [1.54, 1.807) is 36.4 Å². The van der Waals surface area contributed by atoms with Gasteiger partial charge in [0.25, 0.3) is 5.91 Å². The Labute approximate surface area is 154 Å². The predicted octanol–water partition coefficient (Wildman–Crippen LogP) is 4.22. The number of phenols is 1. The Hall–Kier alpha value is -2.62. The van der Waals surface area contributed by atoms with E-state index in [-0.39, 0.29) is 23.5 Å². The lowest BCUT2D eigenvalue weighted by Gasteiger charge is -2.36. The van der Waals surface area contributed by atoms with E-state index in [4.69, 9.17) is 0 Å². The van der Waals surface area contributed by atoms with Gasteiger partial charge in [0.2, 0.25) is 0 Å². The van der Waals surface area contributed by atoms with E-state index in [0.717, 1.165) is 44.2 Å². The van der Waals surface area contributed by atoms with Crippen molar-refractivity contribution in [2.75, 3.05) is 6.54 Å². The fraction of sp³-hybridized carbons (Fsp3) is 0.364. The number of aryl methyl sites for hydroxylation is 1. The third kappa shape index (κ3) is 4.31. The molecule has 1 atom stereocenters. The maximum atomic E-state index is 13.0. The van der Waals surface area contributed by atoms with Gasteiger partial charge in [0.1, 0.15) is 5.75 Å². The summed E-state index contributed by atoms with van der Waals surface area (Å²) >= 11 is 0. The molecule has 0 spiro atoms. The largest absolute Gasteiger partial charge is 0.508 e. The molecule has 0 radical (unpaired) electrons. The van der Waals surface area contributed by atoms with Crippen LogP contribution in [0.1, 0.15) is 58.9 Å². The van der Waals surface area contributed by atoms with Crippen molar-refractivity contribution < 1.29 is 14.7 Å². The Morgan fingerprint density at radius 3 is 2.50 bits per heavy atom. The number of likely N-dealkylation sites (tertiary alicyclic amines) is 1. The fourth-order valence-corrected chi connectivity index (χ4v) is 3.63. The lowest BCUT2D eigenvalue weighted by atomic mass is 9.95. The van der Waals surface area contributed by atoms with E-state index in [1.165, 1.54) is 6.92 Å². The van der Waals surface area contributed by atoms with Crippen LogP contribution in [-0.2, 0) is 6.42 Å². The number of amides is 1. The number of benzene rings is 2. The number of carbonyl (C=O) groups excluding carboxylic acids is 2. The van der Waals surface area contributed by atoms with Crippen LogP contribution in [0.5, 0.6) is 5.75 Å². The molecule has 26 heavy (non-hydrogen) atoms. The zero-order chi connectivity index (χ0) is 18.5. The fourth-order valence-electron chi connectivity index (χ4n) is 3.63. The van der Waals surface area contributed by atoms with Crippen molar-refractivity contribution in [2.45, 2.75) is 45.1 Å². The first kappa shape index (κ1) is 18.2. The van der Waals surface area contributed by atoms with Gasteiger partial charge in [0, 0.05) is 23.7 Å². The van der Waals surface area contributed by atoms with Crippen LogP contribution in [0.15, 0.2) is 48.5 Å². The van der Waals surface area contributed by atoms with Gasteiger partial charge < -0.3 is 10.0 Å². The van der Waals surface area contributed by atoms with Crippen molar-refractivity contribution >= 4 is 11.7 Å². The van der Waals surface area contributed by atoms with E-state index in [2.05, 4.69) is 0 Å². The van der Waals surface area contributed by atoms with E-state index in [9.17, 15) is 14.7 Å². The second-order valence-electron chi connectivity index (χ2n) is 6.99. The number of hydrogen-bond donors (Lipinski definition) is 1. The van der Waals surface area contributed by atoms with E-state index in [0.29, 0.717) is 11.1 Å². The number of piperidine rings is 1. The summed E-state index contributed by atoms with van der Waals surface area (Å²) in [6.07, 6.45) is 4.90. The molecule has 2 aromatic carbocycles. The number of phenolic OH excluding ortho intramolecular Hbond substituents is 1. The van der Waals surface area contributed by atoms with Crippen LogP contribution in [0.25, 0.3) is 0 Å². The lowest BCUT2D eigenvalue weighted by molar-refractivity contribution is 0.0601. The van der Waals surface area contributed by atoms with Crippen molar-refractivity contribution in [3.63, 3.8) is 0 Å². The highest BCUT2D eigenvalue weighted by molar-refractivity contribution is 5.97. The normalized spacial score (nSPS) is 17.1. The molecule has 4 heteroatoms. The van der Waals surface area contributed by atoms with Gasteiger partial charge in [0.15, 0.2) is 5.78 Å². The van der Waals surface area contributed by atoms with Crippen LogP contribution < -0.4 is 0 Å². The smallest absolute Gasteiger partial charge is 0.254 e. The minimum atomic E-state index is 0.00552. The molecule has 1 aliphatic rings. The van der Waals surface area contributed by atoms with Crippen LogP contribution in [-0.4, -0.2) is 34.3 Å². The topological polar surface area (TPSA) is 57.6 Å². The molecule has 1 heterocycles. The number of Topliss-reactive ketones (excluding diaryl/α,β-unsaturated/α-hetero) is 1. The zero-order valence-electron chi connectivity index (χ0n) is 15.1. The number of hydrogen-bond acceptors (Lipinski definition) is 3. The molecule has 1 fully saturated rings. The van der Waals surface area contributed by atoms with E-state index >= 15 is 0 Å². The van der Waals surface area contributed by atoms with Crippen LogP contribution in [0.4, 0.5) is 0 Å². The zero-order valence-corrected chi connectivity index (χ0v) is 15.1. The maximum absolute atomic E-state index is 13.0. The maximum Gasteiger partial charge on any atom is 0.254 e. The highest BCUT2D eigenvalue weighted by atomic mass is 16.3. The number of nitrogens with zero attached hydrogens (tertiary/aromatic N) is 1. The SMILES string of the molecule is CC(=O)c1ccc(C(=O)N2CCCC[C@H]2CCc2cccc(O)c2)cc1. The molecule has 136 valence electrons. The summed E-state index contributed by atoms with van der Waals surface area (Å²) in [5, 5.41) is 9.61. The predicted molar refractivity (Wildman–Crippen MR) is 102 cm³/mol. The Balaban J connectivity index is 1.69. The summed E-state index contributed by atoms with van der Waals surface area (Å²) in [7, 11) is 0. The van der Waals surface area contributed by atoms with Gasteiger partial charge in [-0.15, -0.1) is 0 Å². The minimum absolute atomic E-state index is 0.00552. The first-order valence-corrected chi connectivity index (χ1v) is 9.24. The number of carbonyl (C=O) groups is 2. The van der Waals surface area contributed by atoms with Crippen LogP contribution >= 0.6 is 0 Å². The number of ketones is 1. The highest BCUT2D eigenvalue weighted by Gasteiger charge is 2.27. The molecule has 0 aromatic heterocycles. The third-order valence-corrected chi connectivity index (χ3v) is 5.10. The van der Waals surface area contributed by atoms with Crippen molar-refractivity contribution in [3.05, 3.63) is 65.2 Å². The van der Waals surface area contributed by atoms with Crippen molar-refractivity contribution in [1.82, 2.24) is 4.90 Å². The summed E-state index contributed by atoms with van der Waals surface area (Å²) in [6.45, 7) is 2.30. The van der Waals surface area contributed by atoms with Gasteiger partial charge in [-0.3, -0.25) is 9.59 Å². The Bertz CT molecular complexity index is 782. The molecule has 0 saturated carbocycles. The standard InChI is InChI=1S/C22H25NO3/c1-16(24)18-9-11-19(12-10-18)22(26)23-14-3-2-6-20(23)13-8-17-5-4-7-21(25)15-17/h4-5,7,9-12,15,20,25H,2-3,6,8,13-14H2,1H3/t20-/m0/s1. The third-order valence-electron chi connectivity index (χ3n) is 5.10. The molecule has 2 aromatic rings. The van der Waals surface area contributed by atoms with Gasteiger partial charge in [-0.25, -0.2) is 0 Å². The first-order valence-electron chi connectivity index (χ1n) is 9.24. The van der Waals surface area contributed by atoms with Gasteiger partial charge in [-0.2, -0.15) is 0 Å². The molecular weight excluding hydrogens is 326 g/mol. The highest BCUT2D eigenvalue weighted by Crippen LogP contribution is 2.24. The van der Waals surface area contributed by atoms with Crippen molar-refractivity contribution in [3.8, 4) is 5.75 Å². The molecule has 3 rings (SSSR count). The molecule has 1 amide bonds. The summed E-state index contributed by atoms with van der Waals surface area (Å²) < 4.78 is 0. The van der Waals surface area contributed by atoms with Crippen molar-refractivity contribution in [2.24, 2.45) is 0 Å². The average Bonchev–Trinajstić information content (AvgIpc) is 2.66. The summed E-state index contributed by atoms with van der Waals surface area (Å²) in [5.74, 6) is 0.330. The van der Waals surface area contributed by atoms with Gasteiger partial charge in [-0.1, -0.05) is 24.3 Å². The second kappa shape index (κ2) is 8.17. The van der Waals surface area contributed by atoms with E-state index < -0.39 is 0 Å². The molecular formula is C22H25NO3. The van der Waals surface area contributed by atoms with Crippen molar-refractivity contribution in [1.29, 1.82) is 0 Å². The second-order valence-corrected chi connectivity index (χ2v) is 6.99. The molecule has 0 unspecified atom stereocenters. The molecule has 0 aliphatic carbocycles.